The summed E-state index contributed by atoms with van der Waals surface area (Å²) in [4.78, 5) is 6.49. The van der Waals surface area contributed by atoms with Gasteiger partial charge in [-0.3, -0.25) is 0 Å². The number of nitrogens with one attached hydrogen (secondary N) is 1. The Morgan fingerprint density at radius 2 is 2.20 bits per heavy atom. The van der Waals surface area contributed by atoms with Gasteiger partial charge in [0.15, 0.2) is 17.5 Å². The lowest BCUT2D eigenvalue weighted by molar-refractivity contribution is -0.0512. The lowest BCUT2D eigenvalue weighted by Gasteiger charge is -2.21. The van der Waals surface area contributed by atoms with Gasteiger partial charge < -0.3 is 24.8 Å². The summed E-state index contributed by atoms with van der Waals surface area (Å²) in [7, 11) is 1.40. The van der Waals surface area contributed by atoms with Crippen molar-refractivity contribution in [1.82, 2.24) is 10.2 Å². The summed E-state index contributed by atoms with van der Waals surface area (Å²) in [6, 6.07) is 4.83. The number of alkyl halides is 2. The maximum absolute atomic E-state index is 12.5. The molecule has 0 aliphatic carbocycles. The third-order valence-electron chi connectivity index (χ3n) is 3.65. The third-order valence-corrected chi connectivity index (χ3v) is 3.65. The summed E-state index contributed by atoms with van der Waals surface area (Å²) in [6.45, 7) is 1.32. The van der Waals surface area contributed by atoms with E-state index in [0.29, 0.717) is 32.0 Å². The van der Waals surface area contributed by atoms with Crippen LogP contribution in [0.1, 0.15) is 18.9 Å². The molecule has 0 radical (unpaired) electrons. The Balaban J connectivity index is 0.00000312. The van der Waals surface area contributed by atoms with Crippen molar-refractivity contribution in [2.45, 2.75) is 32.6 Å². The molecular formula is C16H24F2IN3O3. The molecule has 1 aromatic carbocycles. The Bertz CT molecular complexity index is 576. The third kappa shape index (κ3) is 6.46. The number of aliphatic hydroxyl groups excluding tert-OH is 1. The number of rotatable bonds is 6. The number of nitrogens with zero attached hydrogens (tertiary/aromatic N) is 2. The van der Waals surface area contributed by atoms with Gasteiger partial charge in [0.2, 0.25) is 0 Å². The number of guanidine groups is 1. The molecule has 142 valence electrons. The molecule has 1 aromatic rings. The molecule has 0 aromatic heterocycles. The summed E-state index contributed by atoms with van der Waals surface area (Å²) in [6.07, 6.45) is 0.361. The predicted octanol–water partition coefficient (Wildman–Crippen LogP) is 2.45. The van der Waals surface area contributed by atoms with E-state index in [1.165, 1.54) is 13.2 Å². The van der Waals surface area contributed by atoms with Gasteiger partial charge in [0.25, 0.3) is 0 Å². The average molecular weight is 471 g/mol. The van der Waals surface area contributed by atoms with Crippen LogP contribution < -0.4 is 14.8 Å². The quantitative estimate of drug-likeness (QED) is 0.379. The Morgan fingerprint density at radius 1 is 1.44 bits per heavy atom. The van der Waals surface area contributed by atoms with E-state index in [9.17, 15) is 13.9 Å². The summed E-state index contributed by atoms with van der Waals surface area (Å²) in [5.41, 5.74) is 0.724. The molecule has 1 atom stereocenters. The zero-order valence-electron chi connectivity index (χ0n) is 14.2. The van der Waals surface area contributed by atoms with Crippen LogP contribution in [0.2, 0.25) is 0 Å². The van der Waals surface area contributed by atoms with Gasteiger partial charge in [-0.15, -0.1) is 24.0 Å². The number of β-amino-alcohol motifs (C(OH)–C–C–N with tert-alkyl or cyclic N) is 1. The monoisotopic (exact) mass is 471 g/mol. The lowest BCUT2D eigenvalue weighted by atomic mass is 10.2. The normalized spacial score (nSPS) is 17.4. The molecule has 1 saturated heterocycles. The van der Waals surface area contributed by atoms with Crippen molar-refractivity contribution in [2.24, 2.45) is 4.99 Å². The number of halogens is 3. The van der Waals surface area contributed by atoms with E-state index in [1.54, 1.807) is 12.1 Å². The number of hydrogen-bond acceptors (Lipinski definition) is 4. The van der Waals surface area contributed by atoms with Crippen LogP contribution in [0.3, 0.4) is 0 Å². The number of aliphatic hydroxyl groups is 1. The average Bonchev–Trinajstić information content (AvgIpc) is 2.97. The Morgan fingerprint density at radius 3 is 2.76 bits per heavy atom. The van der Waals surface area contributed by atoms with Gasteiger partial charge in [-0.2, -0.15) is 8.78 Å². The minimum absolute atomic E-state index is 0. The molecule has 2 N–H and O–H groups in total. The van der Waals surface area contributed by atoms with Crippen molar-refractivity contribution in [3.63, 3.8) is 0 Å². The number of likely N-dealkylation sites (tertiary alicyclic amines) is 1. The maximum atomic E-state index is 12.5. The zero-order valence-corrected chi connectivity index (χ0v) is 16.6. The molecule has 1 fully saturated rings. The molecule has 6 nitrogen and oxygen atoms in total. The Kier molecular flexibility index (Phi) is 9.19. The number of aliphatic imine (C=N–C) groups is 1. The van der Waals surface area contributed by atoms with Gasteiger partial charge in [-0.25, -0.2) is 4.99 Å². The largest absolute Gasteiger partial charge is 0.493 e. The summed E-state index contributed by atoms with van der Waals surface area (Å²) in [5.74, 6) is 0.931. The van der Waals surface area contributed by atoms with Crippen molar-refractivity contribution in [3.05, 3.63) is 23.8 Å². The summed E-state index contributed by atoms with van der Waals surface area (Å²) < 4.78 is 34.5. The van der Waals surface area contributed by atoms with Gasteiger partial charge in [-0.05, 0) is 31.0 Å². The van der Waals surface area contributed by atoms with E-state index in [1.807, 2.05) is 11.8 Å². The second-order valence-electron chi connectivity index (χ2n) is 5.42. The smallest absolute Gasteiger partial charge is 0.387 e. The first-order valence-electron chi connectivity index (χ1n) is 7.86. The van der Waals surface area contributed by atoms with Crippen LogP contribution in [-0.4, -0.2) is 55.4 Å². The minimum Gasteiger partial charge on any atom is -0.493 e. The van der Waals surface area contributed by atoms with E-state index in [2.05, 4.69) is 15.0 Å². The van der Waals surface area contributed by atoms with Crippen LogP contribution in [0.5, 0.6) is 11.5 Å². The molecule has 0 amide bonds. The van der Waals surface area contributed by atoms with Gasteiger partial charge in [-0.1, -0.05) is 6.07 Å². The van der Waals surface area contributed by atoms with Crippen LogP contribution in [0.25, 0.3) is 0 Å². The topological polar surface area (TPSA) is 66.3 Å². The molecule has 0 unspecified atom stereocenters. The molecule has 1 aliphatic rings. The molecular weight excluding hydrogens is 447 g/mol. The number of ether oxygens (including phenoxy) is 2. The molecule has 0 bridgehead atoms. The maximum Gasteiger partial charge on any atom is 0.387 e. The van der Waals surface area contributed by atoms with Crippen molar-refractivity contribution >= 4 is 29.9 Å². The van der Waals surface area contributed by atoms with Crippen molar-refractivity contribution in [1.29, 1.82) is 0 Å². The molecule has 0 saturated carbocycles. The van der Waals surface area contributed by atoms with Crippen molar-refractivity contribution in [3.8, 4) is 11.5 Å². The standard InChI is InChI=1S/C16H23F2N3O3.HI/c1-3-19-16(21-7-6-12(22)10-21)20-9-11-4-5-13(23-2)14(8-11)24-15(17)18;/h4-5,8,12,15,22H,3,6-7,9-10H2,1-2H3,(H,19,20);1H/t12-;/m1./s1. The molecule has 0 spiro atoms. The minimum atomic E-state index is -2.92. The first-order valence-corrected chi connectivity index (χ1v) is 7.86. The summed E-state index contributed by atoms with van der Waals surface area (Å²) >= 11 is 0. The fraction of sp³-hybridized carbons (Fsp3) is 0.562. The molecule has 9 heteroatoms. The van der Waals surface area contributed by atoms with Crippen LogP contribution in [0, 0.1) is 0 Å². The summed E-state index contributed by atoms with van der Waals surface area (Å²) in [5, 5.41) is 12.8. The van der Waals surface area contributed by atoms with Crippen molar-refractivity contribution < 1.29 is 23.4 Å². The highest BCUT2D eigenvalue weighted by Crippen LogP contribution is 2.29. The molecule has 25 heavy (non-hydrogen) atoms. The highest BCUT2D eigenvalue weighted by molar-refractivity contribution is 14.0. The van der Waals surface area contributed by atoms with Crippen LogP contribution in [-0.2, 0) is 6.54 Å². The van der Waals surface area contributed by atoms with Crippen LogP contribution >= 0.6 is 24.0 Å². The lowest BCUT2D eigenvalue weighted by Crippen LogP contribution is -2.40. The fourth-order valence-electron chi connectivity index (χ4n) is 2.53. The Labute approximate surface area is 163 Å². The van der Waals surface area contributed by atoms with Crippen LogP contribution in [0.4, 0.5) is 8.78 Å². The second-order valence-corrected chi connectivity index (χ2v) is 5.42. The highest BCUT2D eigenvalue weighted by Gasteiger charge is 2.22. The number of hydrogen-bond donors (Lipinski definition) is 2. The highest BCUT2D eigenvalue weighted by atomic mass is 127. The first kappa shape index (κ1) is 21.7. The fourth-order valence-corrected chi connectivity index (χ4v) is 2.53. The zero-order chi connectivity index (χ0) is 17.5. The predicted molar refractivity (Wildman–Crippen MR) is 102 cm³/mol. The Hall–Kier alpha value is -1.36. The van der Waals surface area contributed by atoms with E-state index >= 15 is 0 Å². The van der Waals surface area contributed by atoms with Crippen LogP contribution in [0.15, 0.2) is 23.2 Å². The van der Waals surface area contributed by atoms with Gasteiger partial charge >= 0.3 is 6.61 Å². The second kappa shape index (κ2) is 10.6. The first-order chi connectivity index (χ1) is 11.5. The number of benzene rings is 1. The SMILES string of the molecule is CCNC(=NCc1ccc(OC)c(OC(F)F)c1)N1CC[C@@H](O)C1.I. The van der Waals surface area contributed by atoms with E-state index in [0.717, 1.165) is 12.1 Å². The molecule has 1 heterocycles. The van der Waals surface area contributed by atoms with E-state index < -0.39 is 6.61 Å². The van der Waals surface area contributed by atoms with Crippen molar-refractivity contribution in [2.75, 3.05) is 26.7 Å². The van der Waals surface area contributed by atoms with Gasteiger partial charge in [0.1, 0.15) is 0 Å². The number of methoxy groups -OCH3 is 1. The van der Waals surface area contributed by atoms with E-state index in [4.69, 9.17) is 4.74 Å². The molecule has 2 rings (SSSR count). The molecule has 1 aliphatic heterocycles. The van der Waals surface area contributed by atoms with Gasteiger partial charge in [0, 0.05) is 19.6 Å². The van der Waals surface area contributed by atoms with E-state index in [-0.39, 0.29) is 41.6 Å². The van der Waals surface area contributed by atoms with Gasteiger partial charge in [0.05, 0.1) is 19.8 Å².